The van der Waals surface area contributed by atoms with Gasteiger partial charge in [0.2, 0.25) is 0 Å². The van der Waals surface area contributed by atoms with Gasteiger partial charge in [0.15, 0.2) is 0 Å². The molecular weight excluding hydrogens is 394 g/mol. The molecule has 4 aromatic rings. The summed E-state index contributed by atoms with van der Waals surface area (Å²) in [5.41, 5.74) is 4.22. The van der Waals surface area contributed by atoms with E-state index in [9.17, 15) is 4.79 Å². The number of hydrogen-bond acceptors (Lipinski definition) is 5. The molecule has 1 aromatic carbocycles. The zero-order valence-electron chi connectivity index (χ0n) is 17.1. The van der Waals surface area contributed by atoms with E-state index in [2.05, 4.69) is 39.6 Å². The Balaban J connectivity index is 1.29. The highest BCUT2D eigenvalue weighted by molar-refractivity contribution is 7.20. The minimum atomic E-state index is -0.0506. The number of imidazole rings is 1. The van der Waals surface area contributed by atoms with Crippen molar-refractivity contribution in [1.82, 2.24) is 24.8 Å². The topological polar surface area (TPSA) is 72.7 Å². The second-order valence-electron chi connectivity index (χ2n) is 7.91. The van der Waals surface area contributed by atoms with Gasteiger partial charge in [-0.2, -0.15) is 0 Å². The van der Waals surface area contributed by atoms with Crippen LogP contribution in [-0.4, -0.2) is 25.4 Å². The van der Waals surface area contributed by atoms with Gasteiger partial charge in [0, 0.05) is 36.8 Å². The predicted octanol–water partition coefficient (Wildman–Crippen LogP) is 4.36. The summed E-state index contributed by atoms with van der Waals surface area (Å²) in [6.45, 7) is 5.29. The number of benzene rings is 1. The van der Waals surface area contributed by atoms with Crippen molar-refractivity contribution in [2.24, 2.45) is 0 Å². The third kappa shape index (κ3) is 3.73. The first-order valence-corrected chi connectivity index (χ1v) is 11.0. The average Bonchev–Trinajstić information content (AvgIpc) is 3.37. The van der Waals surface area contributed by atoms with Crippen molar-refractivity contribution in [3.8, 4) is 0 Å². The first kappa shape index (κ1) is 18.9. The molecule has 3 heterocycles. The van der Waals surface area contributed by atoms with E-state index in [4.69, 9.17) is 4.98 Å². The zero-order valence-corrected chi connectivity index (χ0v) is 17.9. The van der Waals surface area contributed by atoms with Crippen LogP contribution in [0.4, 0.5) is 0 Å². The summed E-state index contributed by atoms with van der Waals surface area (Å²) in [6.07, 6.45) is 7.87. The van der Waals surface area contributed by atoms with E-state index in [1.165, 1.54) is 29.7 Å². The maximum Gasteiger partial charge on any atom is 0.261 e. The van der Waals surface area contributed by atoms with Gasteiger partial charge < -0.3 is 9.88 Å². The molecule has 1 N–H and O–H groups in total. The number of nitrogens with one attached hydrogen (secondary N) is 1. The number of carbonyl (C=O) groups is 1. The largest absolute Gasteiger partial charge is 0.347 e. The molecule has 3 aromatic heterocycles. The van der Waals surface area contributed by atoms with Crippen molar-refractivity contribution in [3.63, 3.8) is 0 Å². The summed E-state index contributed by atoms with van der Waals surface area (Å²) < 4.78 is 2.03. The minimum Gasteiger partial charge on any atom is -0.347 e. The lowest BCUT2D eigenvalue weighted by Gasteiger charge is -2.07. The Morgan fingerprint density at radius 3 is 2.63 bits per heavy atom. The molecule has 0 bridgehead atoms. The average molecular weight is 418 g/mol. The molecule has 6 nitrogen and oxygen atoms in total. The molecule has 0 aliphatic heterocycles. The van der Waals surface area contributed by atoms with Crippen molar-refractivity contribution < 1.29 is 4.79 Å². The van der Waals surface area contributed by atoms with E-state index in [1.54, 1.807) is 12.5 Å². The number of carbonyl (C=O) groups excluding carboxylic acids is 1. The Bertz CT molecular complexity index is 1210. The SMILES string of the molecule is Cc1nc(C2CC2)nc2sc(C(=O)NCc3ccc(Cn4ccnc4)cc3)c(C)c12. The zero-order chi connectivity index (χ0) is 20.7. The second-order valence-corrected chi connectivity index (χ2v) is 8.91. The van der Waals surface area contributed by atoms with Gasteiger partial charge in [-0.25, -0.2) is 15.0 Å². The quantitative estimate of drug-likeness (QED) is 0.506. The normalized spacial score (nSPS) is 13.7. The molecule has 0 spiro atoms. The molecule has 5 rings (SSSR count). The number of amides is 1. The van der Waals surface area contributed by atoms with Crippen LogP contribution in [-0.2, 0) is 13.1 Å². The molecule has 0 radical (unpaired) electrons. The van der Waals surface area contributed by atoms with Crippen molar-refractivity contribution >= 4 is 27.5 Å². The Hall–Kier alpha value is -3.06. The third-order valence-corrected chi connectivity index (χ3v) is 6.72. The second kappa shape index (κ2) is 7.65. The standard InChI is InChI=1S/C23H23N5OS/c1-14-19-15(2)26-21(18-7-8-18)27-23(19)30-20(14)22(29)25-11-16-3-5-17(6-4-16)12-28-10-9-24-13-28/h3-6,9-10,13,18H,7-8,11-12H2,1-2H3,(H,25,29). The van der Waals surface area contributed by atoms with E-state index in [0.29, 0.717) is 12.5 Å². The maximum atomic E-state index is 12.9. The van der Waals surface area contributed by atoms with Gasteiger partial charge in [-0.15, -0.1) is 11.3 Å². The molecule has 1 saturated carbocycles. The number of aromatic nitrogens is 4. The number of rotatable bonds is 6. The van der Waals surface area contributed by atoms with Crippen LogP contribution >= 0.6 is 11.3 Å². The van der Waals surface area contributed by atoms with Crippen molar-refractivity contribution in [2.75, 3.05) is 0 Å². The lowest BCUT2D eigenvalue weighted by Crippen LogP contribution is -2.22. The van der Waals surface area contributed by atoms with Crippen LogP contribution in [0.3, 0.4) is 0 Å². The fraction of sp³-hybridized carbons (Fsp3) is 0.304. The van der Waals surface area contributed by atoms with Gasteiger partial charge in [-0.05, 0) is 43.4 Å². The van der Waals surface area contributed by atoms with E-state index >= 15 is 0 Å². The Labute approximate surface area is 179 Å². The molecule has 1 fully saturated rings. The van der Waals surface area contributed by atoms with Crippen LogP contribution in [0.2, 0.25) is 0 Å². The summed E-state index contributed by atoms with van der Waals surface area (Å²) >= 11 is 1.47. The molecule has 0 unspecified atom stereocenters. The summed E-state index contributed by atoms with van der Waals surface area (Å²) in [5, 5.41) is 4.09. The van der Waals surface area contributed by atoms with Gasteiger partial charge in [-0.1, -0.05) is 24.3 Å². The highest BCUT2D eigenvalue weighted by Crippen LogP contribution is 2.40. The molecule has 1 aliphatic carbocycles. The predicted molar refractivity (Wildman–Crippen MR) is 118 cm³/mol. The number of aryl methyl sites for hydroxylation is 2. The van der Waals surface area contributed by atoms with E-state index in [0.717, 1.165) is 44.3 Å². The highest BCUT2D eigenvalue weighted by atomic mass is 32.1. The van der Waals surface area contributed by atoms with E-state index in [-0.39, 0.29) is 5.91 Å². The number of fused-ring (bicyclic) bond motifs is 1. The molecule has 152 valence electrons. The fourth-order valence-electron chi connectivity index (χ4n) is 3.72. The molecular formula is C23H23N5OS. The van der Waals surface area contributed by atoms with Gasteiger partial charge in [0.05, 0.1) is 16.9 Å². The Kier molecular flexibility index (Phi) is 4.83. The third-order valence-electron chi connectivity index (χ3n) is 5.54. The van der Waals surface area contributed by atoms with Crippen LogP contribution in [0, 0.1) is 13.8 Å². The first-order valence-electron chi connectivity index (χ1n) is 10.2. The monoisotopic (exact) mass is 417 g/mol. The Morgan fingerprint density at radius 2 is 1.93 bits per heavy atom. The minimum absolute atomic E-state index is 0.0506. The van der Waals surface area contributed by atoms with Crippen LogP contribution in [0.25, 0.3) is 10.2 Å². The van der Waals surface area contributed by atoms with Crippen molar-refractivity contribution in [3.05, 3.63) is 76.1 Å². The van der Waals surface area contributed by atoms with Crippen molar-refractivity contribution in [2.45, 2.75) is 45.7 Å². The van der Waals surface area contributed by atoms with E-state index < -0.39 is 0 Å². The summed E-state index contributed by atoms with van der Waals surface area (Å²) in [6, 6.07) is 8.29. The van der Waals surface area contributed by atoms with Crippen LogP contribution < -0.4 is 5.32 Å². The number of nitrogens with zero attached hydrogens (tertiary/aromatic N) is 4. The molecule has 0 saturated heterocycles. The summed E-state index contributed by atoms with van der Waals surface area (Å²) in [5.74, 6) is 1.39. The summed E-state index contributed by atoms with van der Waals surface area (Å²) in [7, 11) is 0. The van der Waals surface area contributed by atoms with Gasteiger partial charge in [0.25, 0.3) is 5.91 Å². The summed E-state index contributed by atoms with van der Waals surface area (Å²) in [4.78, 5) is 28.0. The van der Waals surface area contributed by atoms with E-state index in [1.807, 2.05) is 24.6 Å². The molecule has 7 heteroatoms. The van der Waals surface area contributed by atoms with Crippen LogP contribution in [0.5, 0.6) is 0 Å². The van der Waals surface area contributed by atoms with Gasteiger partial charge >= 0.3 is 0 Å². The number of thiophene rings is 1. The Morgan fingerprint density at radius 1 is 1.17 bits per heavy atom. The van der Waals surface area contributed by atoms with Crippen LogP contribution in [0.15, 0.2) is 43.0 Å². The van der Waals surface area contributed by atoms with Gasteiger partial charge in [0.1, 0.15) is 10.7 Å². The number of hydrogen-bond donors (Lipinski definition) is 1. The molecule has 1 amide bonds. The van der Waals surface area contributed by atoms with Crippen molar-refractivity contribution in [1.29, 1.82) is 0 Å². The maximum absolute atomic E-state index is 12.9. The molecule has 0 atom stereocenters. The highest BCUT2D eigenvalue weighted by Gasteiger charge is 2.28. The fourth-order valence-corrected chi connectivity index (χ4v) is 4.87. The first-order chi connectivity index (χ1) is 14.6. The lowest BCUT2D eigenvalue weighted by molar-refractivity contribution is 0.0954. The smallest absolute Gasteiger partial charge is 0.261 e. The van der Waals surface area contributed by atoms with Crippen LogP contribution in [0.1, 0.15) is 56.6 Å². The molecule has 1 aliphatic rings. The lowest BCUT2D eigenvalue weighted by atomic mass is 10.1. The van der Waals surface area contributed by atoms with Gasteiger partial charge in [-0.3, -0.25) is 4.79 Å². The molecule has 30 heavy (non-hydrogen) atoms.